The zero-order valence-electron chi connectivity index (χ0n) is 10.6. The van der Waals surface area contributed by atoms with E-state index in [2.05, 4.69) is 15.2 Å². The molecule has 2 rings (SSSR count). The van der Waals surface area contributed by atoms with Gasteiger partial charge in [-0.2, -0.15) is 4.98 Å². The number of nitrogens with one attached hydrogen (secondary N) is 1. The van der Waals surface area contributed by atoms with Crippen molar-refractivity contribution in [3.8, 4) is 0 Å². The summed E-state index contributed by atoms with van der Waals surface area (Å²) in [5.74, 6) is 0. The van der Waals surface area contributed by atoms with Gasteiger partial charge in [-0.3, -0.25) is 0 Å². The summed E-state index contributed by atoms with van der Waals surface area (Å²) in [5.41, 5.74) is 0.945. The lowest BCUT2D eigenvalue weighted by atomic mass is 10.1. The molecule has 5 nitrogen and oxygen atoms in total. The van der Waals surface area contributed by atoms with Gasteiger partial charge < -0.3 is 19.4 Å². The van der Waals surface area contributed by atoms with Crippen LogP contribution < -0.4 is 10.2 Å². The van der Waals surface area contributed by atoms with Gasteiger partial charge in [0.05, 0.1) is 11.8 Å². The minimum atomic E-state index is 0.313. The summed E-state index contributed by atoms with van der Waals surface area (Å²) < 4.78 is 11.2. The SMILES string of the molecule is CCOC1CCCN(c2nc(CNC)co2)C1. The second kappa shape index (κ2) is 6.02. The van der Waals surface area contributed by atoms with Gasteiger partial charge >= 0.3 is 0 Å². The molecule has 0 aromatic carbocycles. The van der Waals surface area contributed by atoms with E-state index in [0.717, 1.165) is 50.8 Å². The average molecular weight is 239 g/mol. The fourth-order valence-corrected chi connectivity index (χ4v) is 2.19. The number of aromatic nitrogens is 1. The highest BCUT2D eigenvalue weighted by Gasteiger charge is 2.23. The smallest absolute Gasteiger partial charge is 0.297 e. The predicted molar refractivity (Wildman–Crippen MR) is 66.1 cm³/mol. The number of hydrogen-bond acceptors (Lipinski definition) is 5. The quantitative estimate of drug-likeness (QED) is 0.841. The van der Waals surface area contributed by atoms with Crippen LogP contribution in [0.15, 0.2) is 10.7 Å². The number of nitrogens with zero attached hydrogens (tertiary/aromatic N) is 2. The van der Waals surface area contributed by atoms with Gasteiger partial charge in [-0.25, -0.2) is 0 Å². The molecule has 1 N–H and O–H groups in total. The lowest BCUT2D eigenvalue weighted by Crippen LogP contribution is -2.39. The lowest BCUT2D eigenvalue weighted by Gasteiger charge is -2.31. The van der Waals surface area contributed by atoms with E-state index in [1.807, 2.05) is 14.0 Å². The largest absolute Gasteiger partial charge is 0.432 e. The molecule has 2 heterocycles. The molecular formula is C12H21N3O2. The van der Waals surface area contributed by atoms with Crippen LogP contribution in [0.2, 0.25) is 0 Å². The molecule has 1 fully saturated rings. The maximum atomic E-state index is 5.67. The van der Waals surface area contributed by atoms with Crippen molar-refractivity contribution in [2.24, 2.45) is 0 Å². The maximum Gasteiger partial charge on any atom is 0.297 e. The summed E-state index contributed by atoms with van der Waals surface area (Å²) in [6.45, 7) is 5.44. The Bertz CT molecular complexity index is 338. The van der Waals surface area contributed by atoms with E-state index >= 15 is 0 Å². The molecule has 1 aliphatic rings. The van der Waals surface area contributed by atoms with Crippen molar-refractivity contribution in [2.75, 3.05) is 31.6 Å². The highest BCUT2D eigenvalue weighted by Crippen LogP contribution is 2.20. The van der Waals surface area contributed by atoms with Crippen LogP contribution in [0, 0.1) is 0 Å². The Morgan fingerprint density at radius 3 is 3.29 bits per heavy atom. The van der Waals surface area contributed by atoms with Crippen LogP contribution in [0.5, 0.6) is 0 Å². The molecule has 1 saturated heterocycles. The molecular weight excluding hydrogens is 218 g/mol. The summed E-state index contributed by atoms with van der Waals surface area (Å²) >= 11 is 0. The van der Waals surface area contributed by atoms with Crippen molar-refractivity contribution >= 4 is 6.01 Å². The fourth-order valence-electron chi connectivity index (χ4n) is 2.19. The first-order valence-electron chi connectivity index (χ1n) is 6.29. The van der Waals surface area contributed by atoms with E-state index in [9.17, 15) is 0 Å². The molecule has 0 aliphatic carbocycles. The van der Waals surface area contributed by atoms with E-state index in [1.54, 1.807) is 6.26 Å². The summed E-state index contributed by atoms with van der Waals surface area (Å²) in [6.07, 6.45) is 4.30. The van der Waals surface area contributed by atoms with Gasteiger partial charge in [0.25, 0.3) is 6.01 Å². The molecule has 0 radical (unpaired) electrons. The Morgan fingerprint density at radius 2 is 2.53 bits per heavy atom. The monoisotopic (exact) mass is 239 g/mol. The van der Waals surface area contributed by atoms with E-state index in [4.69, 9.17) is 9.15 Å². The van der Waals surface area contributed by atoms with E-state index in [0.29, 0.717) is 6.10 Å². The molecule has 0 bridgehead atoms. The lowest BCUT2D eigenvalue weighted by molar-refractivity contribution is 0.0516. The summed E-state index contributed by atoms with van der Waals surface area (Å²) in [7, 11) is 1.90. The van der Waals surface area contributed by atoms with Gasteiger partial charge in [-0.15, -0.1) is 0 Å². The van der Waals surface area contributed by atoms with Gasteiger partial charge in [0.15, 0.2) is 0 Å². The van der Waals surface area contributed by atoms with Gasteiger partial charge in [-0.1, -0.05) is 0 Å². The van der Waals surface area contributed by atoms with Crippen LogP contribution in [-0.2, 0) is 11.3 Å². The minimum Gasteiger partial charge on any atom is -0.432 e. The standard InChI is InChI=1S/C12H21N3O2/c1-3-16-11-5-4-6-15(8-11)12-14-10(7-13-2)9-17-12/h9,11,13H,3-8H2,1-2H3. The Balaban J connectivity index is 1.95. The Hall–Kier alpha value is -1.07. The molecule has 5 heteroatoms. The van der Waals surface area contributed by atoms with Crippen LogP contribution in [0.4, 0.5) is 6.01 Å². The third kappa shape index (κ3) is 3.20. The first-order chi connectivity index (χ1) is 8.33. The first kappa shape index (κ1) is 12.4. The minimum absolute atomic E-state index is 0.313. The Morgan fingerprint density at radius 1 is 1.65 bits per heavy atom. The van der Waals surface area contributed by atoms with Gasteiger partial charge in [0.2, 0.25) is 0 Å². The Labute approximate surface area is 102 Å². The van der Waals surface area contributed by atoms with Gasteiger partial charge in [-0.05, 0) is 26.8 Å². The van der Waals surface area contributed by atoms with E-state index < -0.39 is 0 Å². The molecule has 1 aromatic heterocycles. The van der Waals surface area contributed by atoms with Crippen LogP contribution >= 0.6 is 0 Å². The number of hydrogen-bond donors (Lipinski definition) is 1. The van der Waals surface area contributed by atoms with Crippen molar-refractivity contribution in [2.45, 2.75) is 32.4 Å². The highest BCUT2D eigenvalue weighted by atomic mass is 16.5. The number of piperidine rings is 1. The topological polar surface area (TPSA) is 50.5 Å². The number of rotatable bonds is 5. The average Bonchev–Trinajstić information content (AvgIpc) is 2.79. The van der Waals surface area contributed by atoms with Gasteiger partial charge in [0.1, 0.15) is 6.26 Å². The second-order valence-electron chi connectivity index (χ2n) is 4.32. The van der Waals surface area contributed by atoms with Crippen molar-refractivity contribution in [1.82, 2.24) is 10.3 Å². The summed E-state index contributed by atoms with van der Waals surface area (Å²) in [6, 6.07) is 0.722. The molecule has 1 aliphatic heterocycles. The van der Waals surface area contributed by atoms with E-state index in [1.165, 1.54) is 0 Å². The van der Waals surface area contributed by atoms with Crippen LogP contribution in [0.1, 0.15) is 25.5 Å². The van der Waals surface area contributed by atoms with Crippen LogP contribution in [-0.4, -0.2) is 37.8 Å². The van der Waals surface area contributed by atoms with Crippen LogP contribution in [0.25, 0.3) is 0 Å². The predicted octanol–water partition coefficient (Wildman–Crippen LogP) is 1.40. The normalized spacial score (nSPS) is 20.8. The van der Waals surface area contributed by atoms with Crippen LogP contribution in [0.3, 0.4) is 0 Å². The first-order valence-corrected chi connectivity index (χ1v) is 6.29. The van der Waals surface area contributed by atoms with Gasteiger partial charge in [0, 0.05) is 26.2 Å². The summed E-state index contributed by atoms with van der Waals surface area (Å²) in [5, 5.41) is 3.06. The van der Waals surface area contributed by atoms with Crippen molar-refractivity contribution < 1.29 is 9.15 Å². The zero-order valence-corrected chi connectivity index (χ0v) is 10.6. The van der Waals surface area contributed by atoms with E-state index in [-0.39, 0.29) is 0 Å². The number of oxazole rings is 1. The highest BCUT2D eigenvalue weighted by molar-refractivity contribution is 5.28. The summed E-state index contributed by atoms with van der Waals surface area (Å²) in [4.78, 5) is 6.63. The molecule has 96 valence electrons. The number of ether oxygens (including phenoxy) is 1. The third-order valence-electron chi connectivity index (χ3n) is 2.95. The fraction of sp³-hybridized carbons (Fsp3) is 0.750. The molecule has 1 unspecified atom stereocenters. The molecule has 1 aromatic rings. The van der Waals surface area contributed by atoms with Crippen molar-refractivity contribution in [3.63, 3.8) is 0 Å². The maximum absolute atomic E-state index is 5.67. The Kier molecular flexibility index (Phi) is 4.39. The van der Waals surface area contributed by atoms with Crippen molar-refractivity contribution in [3.05, 3.63) is 12.0 Å². The zero-order chi connectivity index (χ0) is 12.1. The molecule has 1 atom stereocenters. The number of anilines is 1. The molecule has 0 saturated carbocycles. The van der Waals surface area contributed by atoms with Crippen molar-refractivity contribution in [1.29, 1.82) is 0 Å². The molecule has 17 heavy (non-hydrogen) atoms. The second-order valence-corrected chi connectivity index (χ2v) is 4.32. The molecule has 0 spiro atoms. The third-order valence-corrected chi connectivity index (χ3v) is 2.95. The molecule has 0 amide bonds.